The maximum atomic E-state index is 4.84. The molecule has 6 aromatic heterocycles. The Morgan fingerprint density at radius 2 is 0.608 bits per heavy atom. The van der Waals surface area contributed by atoms with Gasteiger partial charge in [-0.15, -0.1) is 0 Å². The van der Waals surface area contributed by atoms with E-state index < -0.39 is 0 Å². The molecule has 0 N–H and O–H groups in total. The highest BCUT2D eigenvalue weighted by Gasteiger charge is 2.15. The number of benzene rings is 13. The lowest BCUT2D eigenvalue weighted by Crippen LogP contribution is -1.92. The summed E-state index contributed by atoms with van der Waals surface area (Å²) in [5.41, 5.74) is 41.2. The fourth-order valence-corrected chi connectivity index (χ4v) is 15.1. The van der Waals surface area contributed by atoms with E-state index in [2.05, 4.69) is 417 Å². The Bertz CT molecular complexity index is 6780. The minimum atomic E-state index is 0.774. The Morgan fingerprint density at radius 3 is 1.13 bits per heavy atom. The van der Waals surface area contributed by atoms with Crippen LogP contribution < -0.4 is 0 Å². The molecule has 0 aliphatic heterocycles. The van der Waals surface area contributed by atoms with Gasteiger partial charge in [0.1, 0.15) is 0 Å². The molecule has 0 radical (unpaired) electrons. The SMILES string of the molecule is Cc1cc2ccc3cc(C)c(C)c4ccc(c1)c2c34.Cc1ccc(-c2cccc(-c3ccc(C)c(C)c3)n2)cc1.Cc1ccc(-c2cccc(-c3ccccc3C)n2)cc1C.Cc1ccc(-c2ccnc(-c3ccc(C)c(C)c3)n2)cc1.Cc1ccc2ccc3cc(C)c(C)nc3c2n1.Cc1cccc(-c2cccc(-c3ccc(C)c(C)c3)n2)c1. The van der Waals surface area contributed by atoms with Crippen LogP contribution in [0.25, 0.3) is 144 Å². The molecule has 13 aromatic carbocycles. The summed E-state index contributed by atoms with van der Waals surface area (Å²) in [6.45, 7) is 38.2. The van der Waals surface area contributed by atoms with Crippen LogP contribution >= 0.6 is 0 Å². The molecule has 0 bridgehead atoms. The van der Waals surface area contributed by atoms with Gasteiger partial charge >= 0.3 is 0 Å². The van der Waals surface area contributed by atoms with Crippen molar-refractivity contribution in [2.24, 2.45) is 0 Å². The van der Waals surface area contributed by atoms with Crippen LogP contribution in [-0.4, -0.2) is 34.9 Å². The van der Waals surface area contributed by atoms with Gasteiger partial charge in [0.25, 0.3) is 0 Å². The highest BCUT2D eigenvalue weighted by atomic mass is 14.9. The van der Waals surface area contributed by atoms with Crippen molar-refractivity contribution in [3.05, 3.63) is 410 Å². The fourth-order valence-electron chi connectivity index (χ4n) is 15.1. The number of pyridine rings is 5. The van der Waals surface area contributed by atoms with Gasteiger partial charge in [-0.1, -0.05) is 235 Å². The molecule has 120 heavy (non-hydrogen) atoms. The summed E-state index contributed by atoms with van der Waals surface area (Å²) < 4.78 is 0. The lowest BCUT2D eigenvalue weighted by Gasteiger charge is -2.14. The molecule has 7 heteroatoms. The summed E-state index contributed by atoms with van der Waals surface area (Å²) >= 11 is 0. The minimum Gasteiger partial charge on any atom is -0.251 e. The number of fused-ring (bicyclic) bond motifs is 3. The second-order valence-electron chi connectivity index (χ2n) is 32.3. The molecule has 0 saturated carbocycles. The molecule has 6 heterocycles. The molecule has 0 fully saturated rings. The lowest BCUT2D eigenvalue weighted by atomic mass is 9.89. The summed E-state index contributed by atoms with van der Waals surface area (Å²) in [5, 5.41) is 10.6. The molecule has 0 spiro atoms. The second kappa shape index (κ2) is 36.8. The normalized spacial score (nSPS) is 10.9. The smallest absolute Gasteiger partial charge is 0.159 e. The van der Waals surface area contributed by atoms with Gasteiger partial charge in [-0.2, -0.15) is 0 Å². The van der Waals surface area contributed by atoms with Crippen molar-refractivity contribution in [3.8, 4) is 90.2 Å². The fraction of sp³-hybridized carbons (Fsp3) is 0.159. The second-order valence-corrected chi connectivity index (χ2v) is 32.3. The van der Waals surface area contributed by atoms with Crippen molar-refractivity contribution < 1.29 is 0 Å². The molecule has 7 nitrogen and oxygen atoms in total. The first-order chi connectivity index (χ1) is 57.8. The van der Waals surface area contributed by atoms with Crippen molar-refractivity contribution in [1.82, 2.24) is 34.9 Å². The largest absolute Gasteiger partial charge is 0.251 e. The van der Waals surface area contributed by atoms with Crippen molar-refractivity contribution >= 4 is 54.1 Å². The van der Waals surface area contributed by atoms with Gasteiger partial charge in [-0.05, 0) is 314 Å². The van der Waals surface area contributed by atoms with Crippen molar-refractivity contribution in [2.45, 2.75) is 125 Å². The van der Waals surface area contributed by atoms with Crippen LogP contribution in [0, 0.1) is 125 Å². The molecule has 592 valence electrons. The van der Waals surface area contributed by atoms with Gasteiger partial charge < -0.3 is 0 Å². The zero-order valence-electron chi connectivity index (χ0n) is 72.6. The first kappa shape index (κ1) is 82.8. The molecule has 0 amide bonds. The third-order valence-corrected chi connectivity index (χ3v) is 23.1. The maximum Gasteiger partial charge on any atom is 0.159 e. The highest BCUT2D eigenvalue weighted by Crippen LogP contribution is 2.39. The first-order valence-electron chi connectivity index (χ1n) is 41.5. The number of hydrogen-bond donors (Lipinski definition) is 0. The molecule has 19 rings (SSSR count). The van der Waals surface area contributed by atoms with E-state index in [9.17, 15) is 0 Å². The van der Waals surface area contributed by atoms with Gasteiger partial charge in [-0.25, -0.2) is 24.9 Å². The van der Waals surface area contributed by atoms with Crippen LogP contribution in [0.5, 0.6) is 0 Å². The zero-order chi connectivity index (χ0) is 84.4. The van der Waals surface area contributed by atoms with E-state index in [0.717, 1.165) is 90.2 Å². The predicted octanol–water partition coefficient (Wildman–Crippen LogP) is 30.0. The Balaban J connectivity index is 0.000000118. The van der Waals surface area contributed by atoms with Gasteiger partial charge in [0, 0.05) is 72.9 Å². The van der Waals surface area contributed by atoms with E-state index in [4.69, 9.17) is 19.9 Å². The molecule has 0 saturated heterocycles. The van der Waals surface area contributed by atoms with E-state index in [-0.39, 0.29) is 0 Å². The molecule has 0 unspecified atom stereocenters. The van der Waals surface area contributed by atoms with Crippen LogP contribution in [0.1, 0.15) is 100 Å². The lowest BCUT2D eigenvalue weighted by molar-refractivity contribution is 1.17. The van der Waals surface area contributed by atoms with E-state index in [1.165, 1.54) is 155 Å². The maximum absolute atomic E-state index is 4.84. The first-order valence-corrected chi connectivity index (χ1v) is 41.5. The molecule has 19 aromatic rings. The monoisotopic (exact) mass is 1560 g/mol. The van der Waals surface area contributed by atoms with Crippen LogP contribution in [-0.2, 0) is 0 Å². The van der Waals surface area contributed by atoms with E-state index in [1.54, 1.807) is 0 Å². The van der Waals surface area contributed by atoms with Crippen molar-refractivity contribution in [2.75, 3.05) is 0 Å². The van der Waals surface area contributed by atoms with Crippen molar-refractivity contribution in [3.63, 3.8) is 0 Å². The number of nitrogens with zero attached hydrogens (tertiary/aromatic N) is 7. The summed E-state index contributed by atoms with van der Waals surface area (Å²) in [6.07, 6.45) is 1.83. The number of hydrogen-bond acceptors (Lipinski definition) is 7. The summed E-state index contributed by atoms with van der Waals surface area (Å²) in [4.78, 5) is 32.9. The minimum absolute atomic E-state index is 0.774. The topological polar surface area (TPSA) is 90.2 Å². The summed E-state index contributed by atoms with van der Waals surface area (Å²) in [5.74, 6) is 0.774. The van der Waals surface area contributed by atoms with E-state index >= 15 is 0 Å². The van der Waals surface area contributed by atoms with Gasteiger partial charge in [0.15, 0.2) is 5.82 Å². The third-order valence-electron chi connectivity index (χ3n) is 23.1. The Hall–Kier alpha value is -13.8. The van der Waals surface area contributed by atoms with Crippen molar-refractivity contribution in [1.29, 1.82) is 0 Å². The van der Waals surface area contributed by atoms with Crippen LogP contribution in [0.15, 0.2) is 310 Å². The third kappa shape index (κ3) is 19.4. The van der Waals surface area contributed by atoms with Crippen LogP contribution in [0.4, 0.5) is 0 Å². The Labute approximate surface area is 709 Å². The number of aromatic nitrogens is 7. The molecule has 0 aliphatic rings. The highest BCUT2D eigenvalue weighted by molar-refractivity contribution is 6.24. The average molecular weight is 1560 g/mol. The van der Waals surface area contributed by atoms with Gasteiger partial charge in [0.05, 0.1) is 50.9 Å². The molecule has 0 aliphatic carbocycles. The van der Waals surface area contributed by atoms with Crippen LogP contribution in [0.3, 0.4) is 0 Å². The Kier molecular flexibility index (Phi) is 25.4. The summed E-state index contributed by atoms with van der Waals surface area (Å²) in [7, 11) is 0. The van der Waals surface area contributed by atoms with E-state index in [1.807, 2.05) is 32.2 Å². The standard InChI is InChI=1S/3C20H19N.C19H18N2.C19H16.C15H14N2/c1-14-6-4-7-17(12-14)19-8-5-9-20(21-19)18-11-10-15(2)16(3)13-18;1-14-11-12-17(13-16(14)3)19-9-6-10-20(21-19)18-8-5-4-7-15(18)2;1-14-7-10-17(11-8-14)19-5-4-6-20(21-19)18-12-9-15(2)16(3)13-18;1-13-4-7-16(8-5-13)18-10-11-20-19(21-18)17-9-6-14(2)15(3)12-17;1-11-8-14-4-5-16-10-12(2)13(3)17-7-6-15(9-11)18(14)19(16)17;1-9-8-13-7-6-12-5-4-10(2)16-14(12)15(13)17-11(9)3/h3*4-13H,1-3H3;4-12H,1-3H3;4-10H,1-3H3;4-8H,1-3H3. The zero-order valence-corrected chi connectivity index (χ0v) is 72.6. The number of aryl methyl sites for hydroxylation is 18. The predicted molar refractivity (Wildman–Crippen MR) is 511 cm³/mol. The van der Waals surface area contributed by atoms with Gasteiger partial charge in [-0.3, -0.25) is 9.97 Å². The number of rotatable bonds is 8. The van der Waals surface area contributed by atoms with E-state index in [0.29, 0.717) is 0 Å². The Morgan fingerprint density at radius 1 is 0.200 bits per heavy atom. The van der Waals surface area contributed by atoms with Gasteiger partial charge in [0.2, 0.25) is 0 Å². The average Bonchev–Trinajstić information content (AvgIpc) is 0.745. The quantitative estimate of drug-likeness (QED) is 0.140. The van der Waals surface area contributed by atoms with Crippen LogP contribution in [0.2, 0.25) is 0 Å². The molecular weight excluding hydrogens is 1460 g/mol. The summed E-state index contributed by atoms with van der Waals surface area (Å²) in [6, 6.07) is 107. The molecular formula is C113H105N7. The molecule has 0 atom stereocenters.